The summed E-state index contributed by atoms with van der Waals surface area (Å²) in [4.78, 5) is 26.3. The Bertz CT molecular complexity index is 1800. The first-order chi connectivity index (χ1) is 21.1. The molecule has 0 saturated heterocycles. The third kappa shape index (κ3) is 9.41. The fraction of sp³-hybridized carbons (Fsp3) is 0.257. The molecule has 0 saturated carbocycles. The van der Waals surface area contributed by atoms with Gasteiger partial charge in [0.15, 0.2) is 0 Å². The van der Waals surface area contributed by atoms with E-state index in [9.17, 15) is 18.0 Å². The smallest absolute Gasteiger partial charge is 0.266 e. The molecule has 7 nitrogen and oxygen atoms in total. The highest BCUT2D eigenvalue weighted by molar-refractivity contribution is 7.85. The summed E-state index contributed by atoms with van der Waals surface area (Å²) in [6.07, 6.45) is 0.378. The number of anilines is 1. The van der Waals surface area contributed by atoms with Gasteiger partial charge in [0.1, 0.15) is 0 Å². The fourth-order valence-electron chi connectivity index (χ4n) is 4.98. The van der Waals surface area contributed by atoms with E-state index in [1.54, 1.807) is 36.4 Å². The van der Waals surface area contributed by atoms with E-state index in [-0.39, 0.29) is 17.9 Å². The Labute approximate surface area is 274 Å². The van der Waals surface area contributed by atoms with Crippen LogP contribution in [0.4, 0.5) is 5.69 Å². The predicted molar refractivity (Wildman–Crippen MR) is 182 cm³/mol. The summed E-state index contributed by atoms with van der Waals surface area (Å²) in [6, 6.07) is 25.9. The maximum absolute atomic E-state index is 13.9. The number of rotatable bonds is 10. The molecule has 0 aliphatic rings. The topological polar surface area (TPSA) is 113 Å². The Morgan fingerprint density at radius 2 is 1.51 bits per heavy atom. The van der Waals surface area contributed by atoms with Crippen LogP contribution in [0.2, 0.25) is 10.0 Å². The number of benzene rings is 4. The molecule has 0 radical (unpaired) electrons. The minimum absolute atomic E-state index is 0.0414. The van der Waals surface area contributed by atoms with Crippen molar-refractivity contribution in [3.63, 3.8) is 0 Å². The minimum atomic E-state index is -4.17. The molecule has 0 heterocycles. The van der Waals surface area contributed by atoms with Crippen LogP contribution in [0.5, 0.6) is 0 Å². The normalized spacial score (nSPS) is 12.4. The van der Waals surface area contributed by atoms with E-state index < -0.39 is 27.7 Å². The van der Waals surface area contributed by atoms with Crippen molar-refractivity contribution < 1.29 is 22.6 Å². The van der Waals surface area contributed by atoms with E-state index in [1.165, 1.54) is 0 Å². The van der Waals surface area contributed by atoms with Gasteiger partial charge in [-0.05, 0) is 83.0 Å². The van der Waals surface area contributed by atoms with Crippen molar-refractivity contribution in [3.8, 4) is 11.1 Å². The minimum Gasteiger partial charge on any atom is -0.351 e. The number of amides is 2. The van der Waals surface area contributed by atoms with Crippen LogP contribution in [-0.2, 0) is 26.7 Å². The summed E-state index contributed by atoms with van der Waals surface area (Å²) in [5.41, 5.74) is 6.52. The van der Waals surface area contributed by atoms with Gasteiger partial charge in [0.25, 0.3) is 16.0 Å². The lowest BCUT2D eigenvalue weighted by molar-refractivity contribution is -0.117. The summed E-state index contributed by atoms with van der Waals surface area (Å²) >= 11 is 12.5. The van der Waals surface area contributed by atoms with E-state index in [2.05, 4.69) is 31.4 Å². The highest BCUT2D eigenvalue weighted by atomic mass is 35.5. The van der Waals surface area contributed by atoms with Crippen LogP contribution < -0.4 is 10.6 Å². The fourth-order valence-corrected chi connectivity index (χ4v) is 5.85. The van der Waals surface area contributed by atoms with Gasteiger partial charge in [0, 0.05) is 33.4 Å². The van der Waals surface area contributed by atoms with Crippen molar-refractivity contribution in [1.29, 1.82) is 0 Å². The second kappa shape index (κ2) is 14.2. The molecule has 0 aliphatic carbocycles. The molecule has 1 atom stereocenters. The van der Waals surface area contributed by atoms with E-state index in [1.807, 2.05) is 55.5 Å². The molecule has 0 spiro atoms. The molecule has 0 fully saturated rings. The zero-order valence-corrected chi connectivity index (χ0v) is 27.9. The lowest BCUT2D eigenvalue weighted by Crippen LogP contribution is -2.28. The number of nitrogens with one attached hydrogen (secondary N) is 2. The molecule has 4 rings (SSSR count). The van der Waals surface area contributed by atoms with Crippen molar-refractivity contribution in [2.45, 2.75) is 45.4 Å². The average Bonchev–Trinajstić information content (AvgIpc) is 2.96. The monoisotopic (exact) mass is 666 g/mol. The lowest BCUT2D eigenvalue weighted by atomic mass is 9.84. The zero-order valence-electron chi connectivity index (χ0n) is 25.5. The first-order valence-electron chi connectivity index (χ1n) is 14.4. The Kier molecular flexibility index (Phi) is 10.8. The summed E-state index contributed by atoms with van der Waals surface area (Å²) in [5.74, 6) is -1.74. The highest BCUT2D eigenvalue weighted by Gasteiger charge is 2.23. The number of hydrogen-bond donors (Lipinski definition) is 3. The van der Waals surface area contributed by atoms with E-state index in [0.717, 1.165) is 33.4 Å². The van der Waals surface area contributed by atoms with E-state index in [0.29, 0.717) is 27.7 Å². The Balaban J connectivity index is 1.56. The number of hydrogen-bond acceptors (Lipinski definition) is 4. The molecule has 0 aliphatic heterocycles. The van der Waals surface area contributed by atoms with Crippen LogP contribution >= 0.6 is 23.2 Å². The Morgan fingerprint density at radius 1 is 0.867 bits per heavy atom. The summed E-state index contributed by atoms with van der Waals surface area (Å²) in [7, 11) is -4.17. The van der Waals surface area contributed by atoms with Crippen LogP contribution in [-0.4, -0.2) is 37.1 Å². The van der Waals surface area contributed by atoms with E-state index >= 15 is 0 Å². The van der Waals surface area contributed by atoms with Crippen molar-refractivity contribution >= 4 is 50.8 Å². The van der Waals surface area contributed by atoms with Crippen molar-refractivity contribution in [2.75, 3.05) is 17.6 Å². The Morgan fingerprint density at radius 3 is 2.09 bits per heavy atom. The van der Waals surface area contributed by atoms with Gasteiger partial charge in [-0.15, -0.1) is 0 Å². The molecule has 10 heteroatoms. The molecule has 236 valence electrons. The second-order valence-electron chi connectivity index (χ2n) is 12.0. The van der Waals surface area contributed by atoms with Gasteiger partial charge in [-0.3, -0.25) is 14.1 Å². The third-order valence-corrected chi connectivity index (χ3v) is 8.78. The average molecular weight is 668 g/mol. The summed E-state index contributed by atoms with van der Waals surface area (Å²) in [5, 5.41) is 6.66. The number of aryl methyl sites for hydroxylation is 1. The molecule has 2 amide bonds. The molecule has 45 heavy (non-hydrogen) atoms. The van der Waals surface area contributed by atoms with Gasteiger partial charge in [0.05, 0.1) is 11.7 Å². The molecular weight excluding hydrogens is 631 g/mol. The molecular formula is C35H36Cl2N2O5S. The first-order valence-corrected chi connectivity index (χ1v) is 16.8. The summed E-state index contributed by atoms with van der Waals surface area (Å²) < 4.78 is 30.7. The number of carbonyl (C=O) groups excluding carboxylic acids is 2. The summed E-state index contributed by atoms with van der Waals surface area (Å²) in [6.45, 7) is 8.15. The molecule has 0 aromatic heterocycles. The standard InChI is InChI=1S/C35H36Cl2N2O5S/c1-22-19-28(14-16-29(22)30-15-13-27(36)21-32(30)37)39-34(41)31(24-9-11-26(12-10-24)35(2,3)4)20-23-5-7-25(8-6-23)33(40)38-17-18-45(42,43)44/h5-16,19,21,31H,17-18,20H2,1-4H3,(H,38,40)(H,39,41)(H,42,43,44). The maximum atomic E-state index is 13.9. The molecule has 0 bridgehead atoms. The third-order valence-electron chi connectivity index (χ3n) is 7.51. The highest BCUT2D eigenvalue weighted by Crippen LogP contribution is 2.34. The number of halogens is 2. The maximum Gasteiger partial charge on any atom is 0.266 e. The Hall–Kier alpha value is -3.69. The predicted octanol–water partition coefficient (Wildman–Crippen LogP) is 7.85. The van der Waals surface area contributed by atoms with Gasteiger partial charge in [-0.2, -0.15) is 8.42 Å². The van der Waals surface area contributed by atoms with Crippen LogP contribution in [0.15, 0.2) is 84.9 Å². The van der Waals surface area contributed by atoms with E-state index in [4.69, 9.17) is 27.8 Å². The van der Waals surface area contributed by atoms with Gasteiger partial charge in [-0.1, -0.05) is 92.5 Å². The quantitative estimate of drug-likeness (QED) is 0.149. The van der Waals surface area contributed by atoms with Crippen molar-refractivity contribution in [3.05, 3.63) is 123 Å². The van der Waals surface area contributed by atoms with Gasteiger partial charge < -0.3 is 10.6 Å². The van der Waals surface area contributed by atoms with Crippen LogP contribution in [0.3, 0.4) is 0 Å². The van der Waals surface area contributed by atoms with Gasteiger partial charge in [-0.25, -0.2) is 0 Å². The second-order valence-corrected chi connectivity index (χ2v) is 14.4. The first kappa shape index (κ1) is 34.2. The molecule has 3 N–H and O–H groups in total. The molecule has 1 unspecified atom stereocenters. The number of carbonyl (C=O) groups is 2. The van der Waals surface area contributed by atoms with Crippen LogP contribution in [0.1, 0.15) is 59.3 Å². The van der Waals surface area contributed by atoms with Crippen LogP contribution in [0.25, 0.3) is 11.1 Å². The zero-order chi connectivity index (χ0) is 32.9. The lowest BCUT2D eigenvalue weighted by Gasteiger charge is -2.22. The SMILES string of the molecule is Cc1cc(NC(=O)C(Cc2ccc(C(=O)NCCS(=O)(=O)O)cc2)c2ccc(C(C)(C)C)cc2)ccc1-c1ccc(Cl)cc1Cl. The van der Waals surface area contributed by atoms with Crippen LogP contribution in [0, 0.1) is 6.92 Å². The van der Waals surface area contributed by atoms with Gasteiger partial charge in [0.2, 0.25) is 5.91 Å². The largest absolute Gasteiger partial charge is 0.351 e. The van der Waals surface area contributed by atoms with Gasteiger partial charge >= 0.3 is 0 Å². The van der Waals surface area contributed by atoms with Crippen molar-refractivity contribution in [2.24, 2.45) is 0 Å². The molecule has 4 aromatic carbocycles. The molecule has 4 aromatic rings. The van der Waals surface area contributed by atoms with Crippen molar-refractivity contribution in [1.82, 2.24) is 5.32 Å².